The number of rotatable bonds is 4. The van der Waals surface area contributed by atoms with Crippen LogP contribution in [0.25, 0.3) is 11.0 Å². The molecule has 114 valence electrons. The van der Waals surface area contributed by atoms with Crippen LogP contribution in [0.3, 0.4) is 0 Å². The van der Waals surface area contributed by atoms with Crippen molar-refractivity contribution in [3.05, 3.63) is 18.2 Å². The van der Waals surface area contributed by atoms with Crippen molar-refractivity contribution in [3.8, 4) is 0 Å². The molecule has 0 spiro atoms. The zero-order chi connectivity index (χ0) is 15.0. The molecular weight excluding hydrogens is 299 g/mol. The number of hydrogen-bond acceptors (Lipinski definition) is 6. The van der Waals surface area contributed by atoms with E-state index in [1.807, 2.05) is 6.07 Å². The van der Waals surface area contributed by atoms with E-state index in [0.717, 1.165) is 5.52 Å². The predicted molar refractivity (Wildman–Crippen MR) is 73.1 cm³/mol. The molecule has 3 rings (SSSR count). The number of benzene rings is 1. The smallest absolute Gasteiger partial charge is 0.397 e. The topological polar surface area (TPSA) is 133 Å². The third kappa shape index (κ3) is 3.07. The molecule has 9 nitrogen and oxygen atoms in total. The average Bonchev–Trinajstić information content (AvgIpc) is 3.02. The van der Waals surface area contributed by atoms with Crippen LogP contribution in [-0.2, 0) is 13.8 Å². The third-order valence-corrected chi connectivity index (χ3v) is 3.81. The van der Waals surface area contributed by atoms with Crippen molar-refractivity contribution < 1.29 is 23.6 Å². The molecule has 4 N–H and O–H groups in total. The summed E-state index contributed by atoms with van der Waals surface area (Å²) in [7, 11) is -4.47. The molecule has 0 aliphatic carbocycles. The number of fused-ring (bicyclic) bond motifs is 1. The second kappa shape index (κ2) is 5.36. The van der Waals surface area contributed by atoms with Crippen LogP contribution in [0.5, 0.6) is 0 Å². The Bertz CT molecular complexity index is 699. The number of hydrogen-bond donors (Lipinski definition) is 3. The number of nitrogens with two attached hydrogens (primary N) is 1. The van der Waals surface area contributed by atoms with E-state index in [-0.39, 0.29) is 18.9 Å². The minimum absolute atomic E-state index is 0.157. The van der Waals surface area contributed by atoms with Crippen molar-refractivity contribution in [1.82, 2.24) is 15.0 Å². The Balaban J connectivity index is 1.73. The Morgan fingerprint density at radius 1 is 1.48 bits per heavy atom. The van der Waals surface area contributed by atoms with Gasteiger partial charge in [-0.05, 0) is 25.0 Å². The molecule has 1 aromatic heterocycles. The quantitative estimate of drug-likeness (QED) is 0.557. The standard InChI is InChI=1S/C11H15N4O5P/c12-8-2-1-3-9-11(8)13-14-15(9)10-5-4-7(20-10)6-19-21(16,17)18/h1-3,7,10H,4-6,12H2,(H2,16,17,18). The second-order valence-electron chi connectivity index (χ2n) is 4.83. The minimum Gasteiger partial charge on any atom is -0.397 e. The van der Waals surface area contributed by atoms with Crippen LogP contribution in [-0.4, -0.2) is 37.5 Å². The molecule has 0 radical (unpaired) electrons. The van der Waals surface area contributed by atoms with Crippen LogP contribution in [0.15, 0.2) is 18.2 Å². The third-order valence-electron chi connectivity index (χ3n) is 3.32. The summed E-state index contributed by atoms with van der Waals surface area (Å²) in [4.78, 5) is 17.4. The van der Waals surface area contributed by atoms with Gasteiger partial charge in [-0.15, -0.1) is 5.10 Å². The van der Waals surface area contributed by atoms with Gasteiger partial charge in [0, 0.05) is 0 Å². The van der Waals surface area contributed by atoms with Gasteiger partial charge in [-0.2, -0.15) is 0 Å². The Labute approximate surface area is 119 Å². The van der Waals surface area contributed by atoms with E-state index in [1.54, 1.807) is 16.8 Å². The molecule has 21 heavy (non-hydrogen) atoms. The molecule has 2 unspecified atom stereocenters. The summed E-state index contributed by atoms with van der Waals surface area (Å²) >= 11 is 0. The van der Waals surface area contributed by atoms with Gasteiger partial charge in [0.2, 0.25) is 0 Å². The van der Waals surface area contributed by atoms with Crippen LogP contribution in [0.1, 0.15) is 19.1 Å². The maximum atomic E-state index is 10.7. The van der Waals surface area contributed by atoms with Gasteiger partial charge in [-0.3, -0.25) is 4.52 Å². The number of nitrogens with zero attached hydrogens (tertiary/aromatic N) is 3. The Kier molecular flexibility index (Phi) is 3.68. The Morgan fingerprint density at radius 3 is 3.05 bits per heavy atom. The number of anilines is 1. The number of nitrogen functional groups attached to an aromatic ring is 1. The lowest BCUT2D eigenvalue weighted by Gasteiger charge is -2.14. The molecule has 0 amide bonds. The van der Waals surface area contributed by atoms with Crippen molar-refractivity contribution in [3.63, 3.8) is 0 Å². The van der Waals surface area contributed by atoms with Gasteiger partial charge >= 0.3 is 7.82 Å². The van der Waals surface area contributed by atoms with E-state index >= 15 is 0 Å². The van der Waals surface area contributed by atoms with Crippen molar-refractivity contribution >= 4 is 24.5 Å². The first-order valence-electron chi connectivity index (χ1n) is 6.39. The number of ether oxygens (including phenoxy) is 1. The normalized spacial score (nSPS) is 23.0. The highest BCUT2D eigenvalue weighted by Crippen LogP contribution is 2.38. The zero-order valence-electron chi connectivity index (χ0n) is 11.0. The highest BCUT2D eigenvalue weighted by molar-refractivity contribution is 7.46. The van der Waals surface area contributed by atoms with Crippen LogP contribution in [0.4, 0.5) is 5.69 Å². The lowest BCUT2D eigenvalue weighted by atomic mass is 10.2. The first-order valence-corrected chi connectivity index (χ1v) is 7.92. The molecule has 0 bridgehead atoms. The van der Waals surface area contributed by atoms with Crippen LogP contribution < -0.4 is 5.73 Å². The fourth-order valence-electron chi connectivity index (χ4n) is 2.37. The second-order valence-corrected chi connectivity index (χ2v) is 6.06. The molecule has 1 aromatic carbocycles. The lowest BCUT2D eigenvalue weighted by Crippen LogP contribution is -2.16. The van der Waals surface area contributed by atoms with Gasteiger partial charge in [0.05, 0.1) is 23.9 Å². The monoisotopic (exact) mass is 314 g/mol. The molecule has 0 saturated carbocycles. The molecule has 1 aliphatic heterocycles. The molecule has 2 atom stereocenters. The zero-order valence-corrected chi connectivity index (χ0v) is 11.9. The highest BCUT2D eigenvalue weighted by Gasteiger charge is 2.30. The summed E-state index contributed by atoms with van der Waals surface area (Å²) in [5, 5.41) is 8.07. The van der Waals surface area contributed by atoms with Gasteiger partial charge in [0.15, 0.2) is 6.23 Å². The first kappa shape index (κ1) is 14.4. The summed E-state index contributed by atoms with van der Waals surface area (Å²) in [6.07, 6.45) is 0.543. The van der Waals surface area contributed by atoms with E-state index in [1.165, 1.54) is 0 Å². The maximum Gasteiger partial charge on any atom is 0.469 e. The summed E-state index contributed by atoms with van der Waals surface area (Å²) < 4.78 is 22.5. The van der Waals surface area contributed by atoms with Crippen molar-refractivity contribution in [2.45, 2.75) is 25.2 Å². The number of aromatic nitrogens is 3. The summed E-state index contributed by atoms with van der Waals surface area (Å²) in [5.74, 6) is 0. The van der Waals surface area contributed by atoms with E-state index in [4.69, 9.17) is 20.3 Å². The van der Waals surface area contributed by atoms with E-state index < -0.39 is 7.82 Å². The molecule has 2 aromatic rings. The average molecular weight is 314 g/mol. The fourth-order valence-corrected chi connectivity index (χ4v) is 2.73. The van der Waals surface area contributed by atoms with Crippen LogP contribution >= 0.6 is 7.82 Å². The summed E-state index contributed by atoms with van der Waals surface area (Å²) in [5.41, 5.74) is 7.74. The van der Waals surface area contributed by atoms with Crippen molar-refractivity contribution in [1.29, 1.82) is 0 Å². The molecule has 1 saturated heterocycles. The number of phosphoric acid groups is 1. The number of phosphoric ester groups is 1. The van der Waals surface area contributed by atoms with E-state index in [0.29, 0.717) is 24.0 Å². The van der Waals surface area contributed by atoms with Crippen LogP contribution in [0.2, 0.25) is 0 Å². The Morgan fingerprint density at radius 2 is 2.29 bits per heavy atom. The minimum atomic E-state index is -4.47. The van der Waals surface area contributed by atoms with E-state index in [2.05, 4.69) is 14.8 Å². The van der Waals surface area contributed by atoms with Gasteiger partial charge in [-0.25, -0.2) is 9.25 Å². The molecule has 10 heteroatoms. The molecule has 2 heterocycles. The van der Waals surface area contributed by atoms with Gasteiger partial charge < -0.3 is 20.3 Å². The largest absolute Gasteiger partial charge is 0.469 e. The fraction of sp³-hybridized carbons (Fsp3) is 0.455. The molecule has 1 aliphatic rings. The van der Waals surface area contributed by atoms with Crippen molar-refractivity contribution in [2.24, 2.45) is 0 Å². The first-order chi connectivity index (χ1) is 9.94. The molecule has 1 fully saturated rings. The summed E-state index contributed by atoms with van der Waals surface area (Å²) in [6.45, 7) is -0.157. The lowest BCUT2D eigenvalue weighted by molar-refractivity contribution is -0.0265. The maximum absolute atomic E-state index is 10.7. The Hall–Kier alpha value is -1.51. The van der Waals surface area contributed by atoms with Crippen LogP contribution in [0, 0.1) is 0 Å². The van der Waals surface area contributed by atoms with Gasteiger partial charge in [-0.1, -0.05) is 11.3 Å². The molecular formula is C11H15N4O5P. The summed E-state index contributed by atoms with van der Waals surface area (Å²) in [6, 6.07) is 5.39. The SMILES string of the molecule is Nc1cccc2c1nnn2C1CCC(COP(=O)(O)O)O1. The van der Waals surface area contributed by atoms with E-state index in [9.17, 15) is 4.57 Å². The van der Waals surface area contributed by atoms with Gasteiger partial charge in [0.25, 0.3) is 0 Å². The van der Waals surface area contributed by atoms with Crippen molar-refractivity contribution in [2.75, 3.05) is 12.3 Å². The predicted octanol–water partition coefficient (Wildman–Crippen LogP) is 0.800. The highest BCUT2D eigenvalue weighted by atomic mass is 31.2. The van der Waals surface area contributed by atoms with Gasteiger partial charge in [0.1, 0.15) is 5.52 Å².